The van der Waals surface area contributed by atoms with E-state index in [0.717, 1.165) is 71.3 Å². The van der Waals surface area contributed by atoms with E-state index in [4.69, 9.17) is 14.7 Å². The van der Waals surface area contributed by atoms with Gasteiger partial charge in [0.1, 0.15) is 18.0 Å². The van der Waals surface area contributed by atoms with E-state index in [1.54, 1.807) is 6.08 Å². The number of ether oxygens (including phenoxy) is 1. The van der Waals surface area contributed by atoms with Crippen LogP contribution in [-0.4, -0.2) is 46.8 Å². The molecule has 1 atom stereocenters. The number of allylic oxidation sites excluding steroid dienone is 4. The average molecular weight is 666 g/mol. The molecule has 1 aliphatic carbocycles. The number of nitrogens with two attached hydrogens (primary N) is 1. The second kappa shape index (κ2) is 15.7. The van der Waals surface area contributed by atoms with Crippen molar-refractivity contribution < 1.29 is 37.3 Å². The van der Waals surface area contributed by atoms with Gasteiger partial charge >= 0.3 is 11.9 Å². The lowest BCUT2D eigenvalue weighted by molar-refractivity contribution is -0.566. The van der Waals surface area contributed by atoms with E-state index in [1.165, 1.54) is 6.21 Å². The molecule has 2 aliphatic rings. The van der Waals surface area contributed by atoms with E-state index in [-0.39, 0.29) is 17.8 Å². The maximum atomic E-state index is 14.2. The van der Waals surface area contributed by atoms with Gasteiger partial charge in [0, 0.05) is 30.7 Å². The molecule has 9 nitrogen and oxygen atoms in total. The van der Waals surface area contributed by atoms with Crippen LogP contribution in [0.1, 0.15) is 63.9 Å². The molecule has 12 heteroatoms. The summed E-state index contributed by atoms with van der Waals surface area (Å²) in [6, 6.07) is 15.5. The zero-order valence-electron chi connectivity index (χ0n) is 26.8. The average Bonchev–Trinajstić information content (AvgIpc) is 3.51. The first-order valence-electron chi connectivity index (χ1n) is 16.3. The normalized spacial score (nSPS) is 21.1. The van der Waals surface area contributed by atoms with Gasteiger partial charge in [-0.25, -0.2) is 4.79 Å². The number of aromatic nitrogens is 2. The number of alkyl halides is 3. The third kappa shape index (κ3) is 8.53. The molecule has 48 heavy (non-hydrogen) atoms. The highest BCUT2D eigenvalue weighted by atomic mass is 19.4. The van der Waals surface area contributed by atoms with Crippen LogP contribution in [0.4, 0.5) is 13.2 Å². The summed E-state index contributed by atoms with van der Waals surface area (Å²) >= 11 is 0. The Morgan fingerprint density at radius 1 is 1.06 bits per heavy atom. The number of ketones is 2. The number of hydrogen-bond acceptors (Lipinski definition) is 7. The molecule has 3 aromatic rings. The minimum Gasteiger partial charge on any atom is -0.370 e. The summed E-state index contributed by atoms with van der Waals surface area (Å²) in [5.41, 5.74) is 6.11. The molecule has 0 amide bonds. The predicted molar refractivity (Wildman–Crippen MR) is 173 cm³/mol. The third-order valence-electron chi connectivity index (χ3n) is 9.23. The fourth-order valence-corrected chi connectivity index (χ4v) is 6.72. The van der Waals surface area contributed by atoms with Gasteiger partial charge in [0.05, 0.1) is 17.6 Å². The summed E-state index contributed by atoms with van der Waals surface area (Å²) in [4.78, 5) is 39.5. The minimum atomic E-state index is -4.88. The SMILES string of the molecule is CCCC1=C(Cc2ccc(-c3ccccc3-c3noc(=O)[nH]3)cc2)C(=O)C(CCC2CCC(OCC(=O)C(F)(F)F)CC2)/C(=C/C=N)[NH2+]1. The molecule has 1 unspecified atom stereocenters. The van der Waals surface area contributed by atoms with Crippen LogP contribution in [0.5, 0.6) is 0 Å². The lowest BCUT2D eigenvalue weighted by atomic mass is 9.78. The van der Waals surface area contributed by atoms with Gasteiger partial charge in [0.25, 0.3) is 5.78 Å². The number of nitrogens with zero attached hydrogens (tertiary/aromatic N) is 1. The zero-order chi connectivity index (χ0) is 34.3. The molecule has 4 N–H and O–H groups in total. The fraction of sp³-hybridized carbons (Fsp3) is 0.417. The van der Waals surface area contributed by atoms with Crippen molar-refractivity contribution in [2.24, 2.45) is 11.8 Å². The number of Topliss-reactive ketones (excluding diaryl/α,β-unsaturated/α-hetero) is 2. The second-order valence-electron chi connectivity index (χ2n) is 12.5. The minimum absolute atomic E-state index is 0.0705. The maximum Gasteiger partial charge on any atom is 0.452 e. The Hall–Kier alpha value is -4.42. The van der Waals surface area contributed by atoms with Crippen molar-refractivity contribution in [3.05, 3.63) is 87.7 Å². The largest absolute Gasteiger partial charge is 0.452 e. The van der Waals surface area contributed by atoms with Gasteiger partial charge in [-0.2, -0.15) is 13.2 Å². The number of carbonyl (C=O) groups excluding carboxylic acids is 2. The zero-order valence-corrected chi connectivity index (χ0v) is 26.8. The molecule has 1 saturated carbocycles. The van der Waals surface area contributed by atoms with E-state index in [9.17, 15) is 27.6 Å². The summed E-state index contributed by atoms with van der Waals surface area (Å²) in [5.74, 6) is -2.16. The predicted octanol–water partition coefficient (Wildman–Crippen LogP) is 6.08. The number of carbonyl (C=O) groups is 2. The number of quaternary nitrogens is 1. The van der Waals surface area contributed by atoms with E-state index < -0.39 is 24.3 Å². The van der Waals surface area contributed by atoms with Crippen LogP contribution in [0.2, 0.25) is 0 Å². The molecular weight excluding hydrogens is 625 g/mol. The van der Waals surface area contributed by atoms with Crippen LogP contribution in [0.3, 0.4) is 0 Å². The van der Waals surface area contributed by atoms with Crippen molar-refractivity contribution in [2.75, 3.05) is 6.61 Å². The molecule has 0 radical (unpaired) electrons. The molecular formula is C36H40F3N4O5+. The molecule has 2 aromatic carbocycles. The first-order valence-corrected chi connectivity index (χ1v) is 16.3. The molecule has 1 aromatic heterocycles. The van der Waals surface area contributed by atoms with Gasteiger partial charge in [-0.3, -0.25) is 24.4 Å². The Kier molecular flexibility index (Phi) is 11.4. The van der Waals surface area contributed by atoms with Crippen molar-refractivity contribution in [2.45, 2.75) is 77.0 Å². The lowest BCUT2D eigenvalue weighted by Gasteiger charge is -2.30. The highest BCUT2D eigenvalue weighted by Gasteiger charge is 2.39. The fourth-order valence-electron chi connectivity index (χ4n) is 6.72. The van der Waals surface area contributed by atoms with E-state index in [0.29, 0.717) is 37.4 Å². The van der Waals surface area contributed by atoms with Gasteiger partial charge in [-0.05, 0) is 67.6 Å². The van der Waals surface area contributed by atoms with E-state index >= 15 is 0 Å². The summed E-state index contributed by atoms with van der Waals surface area (Å²) in [6.07, 6.45) is 3.79. The van der Waals surface area contributed by atoms with Crippen LogP contribution in [0.15, 0.2) is 80.9 Å². The van der Waals surface area contributed by atoms with Crippen molar-refractivity contribution in [1.29, 1.82) is 5.41 Å². The highest BCUT2D eigenvalue weighted by Crippen LogP contribution is 2.35. The van der Waals surface area contributed by atoms with Crippen molar-refractivity contribution in [1.82, 2.24) is 10.1 Å². The number of hydrogen-bond donors (Lipinski definition) is 3. The van der Waals surface area contributed by atoms with Crippen molar-refractivity contribution in [3.63, 3.8) is 0 Å². The summed E-state index contributed by atoms with van der Waals surface area (Å²) in [5, 5.41) is 13.6. The van der Waals surface area contributed by atoms with Gasteiger partial charge in [0.15, 0.2) is 11.6 Å². The Labute approximate surface area is 276 Å². The molecule has 5 rings (SSSR count). The Balaban J connectivity index is 1.26. The van der Waals surface area contributed by atoms with Gasteiger partial charge in [-0.15, -0.1) is 0 Å². The van der Waals surface area contributed by atoms with Crippen LogP contribution in [0, 0.1) is 17.2 Å². The van der Waals surface area contributed by atoms with Gasteiger partial charge < -0.3 is 10.1 Å². The number of rotatable bonds is 13. The quantitative estimate of drug-likeness (QED) is 0.189. The van der Waals surface area contributed by atoms with Crippen LogP contribution in [0.25, 0.3) is 22.5 Å². The molecule has 0 bridgehead atoms. The molecule has 1 aliphatic heterocycles. The lowest BCUT2D eigenvalue weighted by Crippen LogP contribution is -2.84. The molecule has 1 fully saturated rings. The Morgan fingerprint density at radius 3 is 2.40 bits per heavy atom. The Bertz CT molecular complexity index is 1730. The second-order valence-corrected chi connectivity index (χ2v) is 12.5. The van der Waals surface area contributed by atoms with Crippen LogP contribution < -0.4 is 11.1 Å². The van der Waals surface area contributed by atoms with Gasteiger partial charge in [0.2, 0.25) is 0 Å². The number of benzene rings is 2. The monoisotopic (exact) mass is 665 g/mol. The summed E-state index contributed by atoms with van der Waals surface area (Å²) < 4.78 is 47.6. The molecule has 254 valence electrons. The van der Waals surface area contributed by atoms with Crippen LogP contribution in [-0.2, 0) is 20.7 Å². The number of nitrogens with one attached hydrogen (secondary N) is 2. The molecule has 0 spiro atoms. The van der Waals surface area contributed by atoms with Crippen molar-refractivity contribution in [3.8, 4) is 22.5 Å². The maximum absolute atomic E-state index is 14.2. The third-order valence-corrected chi connectivity index (χ3v) is 9.23. The number of halogens is 3. The first kappa shape index (κ1) is 34.9. The standard InChI is InChI=1S/C36H39F3N4O5/c1-2-5-30-29(20-23-8-13-24(14-9-23)26-6-3-4-7-27(26)34-42-35(46)48-43-34)33(45)28(31(41-30)18-19-40)17-12-22-10-15-25(16-11-22)47-21-32(44)36(37,38)39/h3-4,6-9,13-14,18-19,22,25,28,40-41H,2,5,10-12,15-17,20-21H2,1H3,(H,42,43,46)/p+1/b31-18-,40-19?. The molecule has 2 heterocycles. The summed E-state index contributed by atoms with van der Waals surface area (Å²) in [6.45, 7) is 1.13. The van der Waals surface area contributed by atoms with Gasteiger partial charge in [-0.1, -0.05) is 60.6 Å². The highest BCUT2D eigenvalue weighted by molar-refractivity contribution is 6.00. The number of aromatic amines is 1. The van der Waals surface area contributed by atoms with E-state index in [2.05, 4.69) is 22.4 Å². The van der Waals surface area contributed by atoms with Crippen molar-refractivity contribution >= 4 is 17.8 Å². The number of H-pyrrole nitrogens is 1. The smallest absolute Gasteiger partial charge is 0.370 e. The van der Waals surface area contributed by atoms with Crippen LogP contribution >= 0.6 is 0 Å². The Morgan fingerprint density at radius 2 is 1.77 bits per heavy atom. The topological polar surface area (TPSA) is 143 Å². The molecule has 0 saturated heterocycles. The first-order chi connectivity index (χ1) is 23.1. The van der Waals surface area contributed by atoms with E-state index in [1.807, 2.05) is 48.5 Å². The summed E-state index contributed by atoms with van der Waals surface area (Å²) in [7, 11) is 0.